The number of aryl methyl sites for hydroxylation is 1. The van der Waals surface area contributed by atoms with E-state index in [0.717, 1.165) is 6.42 Å². The number of carbonyl (C=O) groups is 1. The Bertz CT molecular complexity index is 671. The third-order valence-corrected chi connectivity index (χ3v) is 2.97. The van der Waals surface area contributed by atoms with Gasteiger partial charge in [-0.1, -0.05) is 24.3 Å². The Balaban J connectivity index is 2.16. The molecule has 0 spiro atoms. The average molecular weight is 286 g/mol. The molecule has 1 aromatic carbocycles. The van der Waals surface area contributed by atoms with E-state index in [1.165, 1.54) is 10.2 Å². The monoisotopic (exact) mass is 286 g/mol. The van der Waals surface area contributed by atoms with Gasteiger partial charge in [0, 0.05) is 0 Å². The lowest BCUT2D eigenvalue weighted by Crippen LogP contribution is -2.11. The number of benzene rings is 1. The van der Waals surface area contributed by atoms with Crippen molar-refractivity contribution in [2.45, 2.75) is 26.5 Å². The zero-order valence-electron chi connectivity index (χ0n) is 11.5. The summed E-state index contributed by atoms with van der Waals surface area (Å²) in [7, 11) is 0. The van der Waals surface area contributed by atoms with Crippen molar-refractivity contribution in [2.24, 2.45) is 0 Å². The first kappa shape index (κ1) is 14.5. The summed E-state index contributed by atoms with van der Waals surface area (Å²) < 4.78 is 6.78. The maximum atomic E-state index is 11.1. The second-order valence-corrected chi connectivity index (χ2v) is 4.29. The van der Waals surface area contributed by atoms with E-state index in [1.807, 2.05) is 30.3 Å². The van der Waals surface area contributed by atoms with Gasteiger partial charge in [-0.15, -0.1) is 5.10 Å². The molecule has 7 heteroatoms. The Hall–Kier alpha value is -2.88. The number of nitrogens with zero attached hydrogens (tertiary/aromatic N) is 4. The van der Waals surface area contributed by atoms with Crippen LogP contribution in [0.15, 0.2) is 24.3 Å². The molecule has 0 fully saturated rings. The fraction of sp³-hybridized carbons (Fsp3) is 0.286. The van der Waals surface area contributed by atoms with Crippen LogP contribution in [-0.2, 0) is 19.6 Å². The Kier molecular flexibility index (Phi) is 4.51. The number of nitriles is 1. The van der Waals surface area contributed by atoms with E-state index in [1.54, 1.807) is 0 Å². The molecular formula is C14H14N4O3. The van der Waals surface area contributed by atoms with Gasteiger partial charge < -0.3 is 9.84 Å². The Morgan fingerprint density at radius 2 is 2.14 bits per heavy atom. The molecule has 0 atom stereocenters. The summed E-state index contributed by atoms with van der Waals surface area (Å²) in [4.78, 5) is 11.1. The van der Waals surface area contributed by atoms with Gasteiger partial charge in [-0.2, -0.15) is 5.26 Å². The van der Waals surface area contributed by atoms with E-state index in [-0.39, 0.29) is 24.5 Å². The first-order valence-electron chi connectivity index (χ1n) is 6.40. The first-order valence-corrected chi connectivity index (χ1v) is 6.40. The second kappa shape index (κ2) is 6.52. The van der Waals surface area contributed by atoms with Crippen LogP contribution in [0.2, 0.25) is 0 Å². The largest absolute Gasteiger partial charge is 0.487 e. The summed E-state index contributed by atoms with van der Waals surface area (Å²) in [6.07, 6.45) is 0.933. The zero-order chi connectivity index (χ0) is 15.2. The van der Waals surface area contributed by atoms with Crippen LogP contribution in [-0.4, -0.2) is 26.1 Å². The number of aromatic carboxylic acids is 1. The highest BCUT2D eigenvalue weighted by molar-refractivity contribution is 5.86. The van der Waals surface area contributed by atoms with Gasteiger partial charge in [0.05, 0.1) is 6.07 Å². The Morgan fingerprint density at radius 1 is 1.43 bits per heavy atom. The highest BCUT2D eigenvalue weighted by Crippen LogP contribution is 2.15. The predicted molar refractivity (Wildman–Crippen MR) is 72.7 cm³/mol. The molecule has 0 aliphatic rings. The molecule has 108 valence electrons. The lowest BCUT2D eigenvalue weighted by molar-refractivity contribution is 0.0687. The van der Waals surface area contributed by atoms with Gasteiger partial charge in [0.1, 0.15) is 24.6 Å². The predicted octanol–water partition coefficient (Wildman–Crippen LogP) is 1.64. The molecule has 0 radical (unpaired) electrons. The highest BCUT2D eigenvalue weighted by Gasteiger charge is 2.19. The van der Waals surface area contributed by atoms with Gasteiger partial charge in [-0.3, -0.25) is 0 Å². The van der Waals surface area contributed by atoms with Crippen molar-refractivity contribution >= 4 is 5.97 Å². The molecule has 2 aromatic rings. The van der Waals surface area contributed by atoms with Gasteiger partial charge in [-0.25, -0.2) is 9.48 Å². The van der Waals surface area contributed by atoms with Gasteiger partial charge in [-0.05, 0) is 24.1 Å². The number of hydrogen-bond acceptors (Lipinski definition) is 5. The van der Waals surface area contributed by atoms with Crippen LogP contribution in [0.25, 0.3) is 0 Å². The van der Waals surface area contributed by atoms with E-state index in [0.29, 0.717) is 5.75 Å². The van der Waals surface area contributed by atoms with Crippen LogP contribution in [0.1, 0.15) is 28.7 Å². The SMILES string of the molecule is CCc1ccc(OCc2c(C(=O)O)nnn2CC#N)cc1. The fourth-order valence-electron chi connectivity index (χ4n) is 1.81. The summed E-state index contributed by atoms with van der Waals surface area (Å²) in [6.45, 7) is 1.97. The molecule has 0 saturated carbocycles. The van der Waals surface area contributed by atoms with Gasteiger partial charge in [0.2, 0.25) is 0 Å². The van der Waals surface area contributed by atoms with Gasteiger partial charge in [0.15, 0.2) is 5.69 Å². The second-order valence-electron chi connectivity index (χ2n) is 4.29. The van der Waals surface area contributed by atoms with Crippen molar-refractivity contribution in [3.63, 3.8) is 0 Å². The van der Waals surface area contributed by atoms with Crippen LogP contribution in [0.3, 0.4) is 0 Å². The standard InChI is InChI=1S/C14H14N4O3/c1-2-10-3-5-11(6-4-10)21-9-12-13(14(19)20)16-17-18(12)8-7-15/h3-6H,2,8-9H2,1H3,(H,19,20). The summed E-state index contributed by atoms with van der Waals surface area (Å²) >= 11 is 0. The zero-order valence-corrected chi connectivity index (χ0v) is 11.5. The molecule has 0 aliphatic heterocycles. The number of hydrogen-bond donors (Lipinski definition) is 1. The molecule has 7 nitrogen and oxygen atoms in total. The van der Waals surface area contributed by atoms with E-state index < -0.39 is 5.97 Å². The normalized spacial score (nSPS) is 10.1. The van der Waals surface area contributed by atoms with Crippen LogP contribution in [0, 0.1) is 11.3 Å². The minimum Gasteiger partial charge on any atom is -0.487 e. The third kappa shape index (κ3) is 3.36. The van der Waals surface area contributed by atoms with Crippen LogP contribution < -0.4 is 4.74 Å². The van der Waals surface area contributed by atoms with Crippen molar-refractivity contribution < 1.29 is 14.6 Å². The van der Waals surface area contributed by atoms with Gasteiger partial charge in [0.25, 0.3) is 0 Å². The molecule has 2 rings (SSSR count). The van der Waals surface area contributed by atoms with Crippen molar-refractivity contribution in [3.8, 4) is 11.8 Å². The van der Waals surface area contributed by atoms with E-state index in [4.69, 9.17) is 15.1 Å². The lowest BCUT2D eigenvalue weighted by Gasteiger charge is -2.08. The number of ether oxygens (including phenoxy) is 1. The van der Waals surface area contributed by atoms with E-state index in [9.17, 15) is 4.79 Å². The smallest absolute Gasteiger partial charge is 0.358 e. The quantitative estimate of drug-likeness (QED) is 0.866. The van der Waals surface area contributed by atoms with Crippen LogP contribution in [0.4, 0.5) is 0 Å². The minimum absolute atomic E-state index is 0.0121. The molecule has 0 saturated heterocycles. The fourth-order valence-corrected chi connectivity index (χ4v) is 1.81. The molecule has 0 amide bonds. The highest BCUT2D eigenvalue weighted by atomic mass is 16.5. The maximum absolute atomic E-state index is 11.1. The average Bonchev–Trinajstić information content (AvgIpc) is 2.89. The molecule has 0 aliphatic carbocycles. The van der Waals surface area contributed by atoms with E-state index >= 15 is 0 Å². The van der Waals surface area contributed by atoms with E-state index in [2.05, 4.69) is 17.2 Å². The van der Waals surface area contributed by atoms with Crippen molar-refractivity contribution in [2.75, 3.05) is 0 Å². The number of aromatic nitrogens is 3. The molecule has 1 aromatic heterocycles. The van der Waals surface area contributed by atoms with Crippen molar-refractivity contribution in [3.05, 3.63) is 41.2 Å². The molecule has 21 heavy (non-hydrogen) atoms. The maximum Gasteiger partial charge on any atom is 0.358 e. The summed E-state index contributed by atoms with van der Waals surface area (Å²) in [5.74, 6) is -0.577. The summed E-state index contributed by atoms with van der Waals surface area (Å²) in [5.41, 5.74) is 1.25. The van der Waals surface area contributed by atoms with Crippen LogP contribution >= 0.6 is 0 Å². The lowest BCUT2D eigenvalue weighted by atomic mass is 10.2. The number of rotatable bonds is 6. The number of carboxylic acids is 1. The minimum atomic E-state index is -1.20. The molecule has 1 N–H and O–H groups in total. The topological polar surface area (TPSA) is 101 Å². The Morgan fingerprint density at radius 3 is 2.71 bits per heavy atom. The Labute approximate surface area is 121 Å². The molecular weight excluding hydrogens is 272 g/mol. The van der Waals surface area contributed by atoms with Crippen molar-refractivity contribution in [1.29, 1.82) is 5.26 Å². The molecule has 0 unspecified atom stereocenters. The molecule has 0 bridgehead atoms. The summed E-state index contributed by atoms with van der Waals surface area (Å²) in [6, 6.07) is 9.42. The summed E-state index contributed by atoms with van der Waals surface area (Å²) in [5, 5.41) is 25.0. The van der Waals surface area contributed by atoms with Crippen LogP contribution in [0.5, 0.6) is 5.75 Å². The van der Waals surface area contributed by atoms with Gasteiger partial charge >= 0.3 is 5.97 Å². The van der Waals surface area contributed by atoms with Crippen molar-refractivity contribution in [1.82, 2.24) is 15.0 Å². The third-order valence-electron chi connectivity index (χ3n) is 2.97. The first-order chi connectivity index (χ1) is 10.2. The molecule has 1 heterocycles. The number of carboxylic acid groups (broad SMARTS) is 1.